The van der Waals surface area contributed by atoms with Crippen LogP contribution in [0.3, 0.4) is 0 Å². The standard InChI is InChI=1S/C41H28O/c1-2-13-31(14-3-1)40-36-18-8-7-17-34(36)35(37-26-25-29-12-4-6-16-33(29)41(37)40)19-10-11-28-21-23-30(24-22-28)39-27-32-15-5-9-20-38(32)42-39/h1-10,12-27H,11H2/b19-10+. The van der Waals surface area contributed by atoms with Crippen molar-refractivity contribution in [2.45, 2.75) is 6.42 Å². The van der Waals surface area contributed by atoms with Gasteiger partial charge in [0, 0.05) is 10.9 Å². The second kappa shape index (κ2) is 10.2. The van der Waals surface area contributed by atoms with Crippen molar-refractivity contribution in [2.24, 2.45) is 0 Å². The van der Waals surface area contributed by atoms with E-state index in [1.54, 1.807) is 0 Å². The second-order valence-electron chi connectivity index (χ2n) is 10.9. The van der Waals surface area contributed by atoms with Gasteiger partial charge in [-0.15, -0.1) is 0 Å². The summed E-state index contributed by atoms with van der Waals surface area (Å²) < 4.78 is 6.07. The van der Waals surface area contributed by atoms with Crippen LogP contribution in [0.25, 0.3) is 71.8 Å². The maximum absolute atomic E-state index is 6.07. The van der Waals surface area contributed by atoms with E-state index in [2.05, 4.69) is 140 Å². The van der Waals surface area contributed by atoms with Crippen LogP contribution in [0.5, 0.6) is 0 Å². The molecular formula is C41H28O. The maximum atomic E-state index is 6.07. The number of allylic oxidation sites excluding steroid dienone is 1. The van der Waals surface area contributed by atoms with Crippen LogP contribution in [0.15, 0.2) is 156 Å². The first-order valence-corrected chi connectivity index (χ1v) is 14.5. The van der Waals surface area contributed by atoms with Crippen LogP contribution in [-0.2, 0) is 6.42 Å². The quantitative estimate of drug-likeness (QED) is 0.157. The lowest BCUT2D eigenvalue weighted by Gasteiger charge is -2.17. The number of fused-ring (bicyclic) bond motifs is 5. The monoisotopic (exact) mass is 536 g/mol. The highest BCUT2D eigenvalue weighted by Crippen LogP contribution is 2.43. The zero-order valence-corrected chi connectivity index (χ0v) is 23.1. The largest absolute Gasteiger partial charge is 0.456 e. The third-order valence-electron chi connectivity index (χ3n) is 8.32. The molecule has 0 bridgehead atoms. The molecule has 0 fully saturated rings. The van der Waals surface area contributed by atoms with E-state index >= 15 is 0 Å². The Morgan fingerprint density at radius 1 is 0.500 bits per heavy atom. The number of hydrogen-bond acceptors (Lipinski definition) is 1. The van der Waals surface area contributed by atoms with E-state index in [-0.39, 0.29) is 0 Å². The van der Waals surface area contributed by atoms with E-state index in [1.807, 2.05) is 18.2 Å². The third-order valence-corrected chi connectivity index (χ3v) is 8.32. The SMILES string of the molecule is C(=C\c1c2ccccc2c(-c2ccccc2)c2c1ccc1ccccc12)/Cc1ccc(-c2cc3ccccc3o2)cc1. The van der Waals surface area contributed by atoms with Crippen molar-refractivity contribution in [3.63, 3.8) is 0 Å². The van der Waals surface area contributed by atoms with E-state index in [0.717, 1.165) is 28.7 Å². The minimum atomic E-state index is 0.851. The summed E-state index contributed by atoms with van der Waals surface area (Å²) in [4.78, 5) is 0. The Labute approximate surface area is 245 Å². The average Bonchev–Trinajstić information content (AvgIpc) is 3.50. The first-order valence-electron chi connectivity index (χ1n) is 14.5. The zero-order valence-electron chi connectivity index (χ0n) is 23.1. The fourth-order valence-electron chi connectivity index (χ4n) is 6.31. The topological polar surface area (TPSA) is 13.1 Å². The summed E-state index contributed by atoms with van der Waals surface area (Å²) in [7, 11) is 0. The van der Waals surface area contributed by atoms with Crippen LogP contribution < -0.4 is 0 Å². The van der Waals surface area contributed by atoms with Crippen molar-refractivity contribution in [3.05, 3.63) is 163 Å². The molecule has 0 aliphatic rings. The van der Waals surface area contributed by atoms with Gasteiger partial charge < -0.3 is 4.42 Å². The van der Waals surface area contributed by atoms with Gasteiger partial charge in [-0.1, -0.05) is 146 Å². The summed E-state index contributed by atoms with van der Waals surface area (Å²) in [6, 6.07) is 52.0. The molecule has 0 amide bonds. The first-order chi connectivity index (χ1) is 20.8. The predicted molar refractivity (Wildman–Crippen MR) is 179 cm³/mol. The highest BCUT2D eigenvalue weighted by atomic mass is 16.3. The molecule has 0 saturated carbocycles. The van der Waals surface area contributed by atoms with E-state index in [9.17, 15) is 0 Å². The molecule has 198 valence electrons. The lowest BCUT2D eigenvalue weighted by Crippen LogP contribution is -1.91. The smallest absolute Gasteiger partial charge is 0.135 e. The normalized spacial score (nSPS) is 11.8. The Kier molecular flexibility index (Phi) is 5.93. The molecule has 0 N–H and O–H groups in total. The molecule has 0 spiro atoms. The number of benzene rings is 7. The molecular weight excluding hydrogens is 508 g/mol. The predicted octanol–water partition coefficient (Wildman–Crippen LogP) is 11.5. The van der Waals surface area contributed by atoms with Crippen molar-refractivity contribution in [1.82, 2.24) is 0 Å². The molecule has 0 aliphatic carbocycles. The molecule has 8 aromatic rings. The number of para-hydroxylation sites is 1. The van der Waals surface area contributed by atoms with Gasteiger partial charge in [-0.3, -0.25) is 0 Å². The first kappa shape index (κ1) is 24.4. The van der Waals surface area contributed by atoms with Crippen LogP contribution in [0, 0.1) is 0 Å². The molecule has 1 nitrogen and oxygen atoms in total. The highest BCUT2D eigenvalue weighted by Gasteiger charge is 2.16. The van der Waals surface area contributed by atoms with E-state index in [1.165, 1.54) is 54.6 Å². The van der Waals surface area contributed by atoms with Crippen LogP contribution in [-0.4, -0.2) is 0 Å². The molecule has 0 saturated heterocycles. The minimum Gasteiger partial charge on any atom is -0.456 e. The van der Waals surface area contributed by atoms with Gasteiger partial charge in [0.15, 0.2) is 0 Å². The maximum Gasteiger partial charge on any atom is 0.135 e. The van der Waals surface area contributed by atoms with Crippen LogP contribution in [0.4, 0.5) is 0 Å². The van der Waals surface area contributed by atoms with Crippen molar-refractivity contribution in [2.75, 3.05) is 0 Å². The van der Waals surface area contributed by atoms with Crippen molar-refractivity contribution >= 4 is 49.4 Å². The van der Waals surface area contributed by atoms with Gasteiger partial charge in [0.05, 0.1) is 0 Å². The van der Waals surface area contributed by atoms with Gasteiger partial charge in [-0.2, -0.15) is 0 Å². The zero-order chi connectivity index (χ0) is 27.9. The Morgan fingerprint density at radius 2 is 1.19 bits per heavy atom. The average molecular weight is 537 g/mol. The molecule has 8 rings (SSSR count). The summed E-state index contributed by atoms with van der Waals surface area (Å²) in [6.45, 7) is 0. The van der Waals surface area contributed by atoms with Crippen molar-refractivity contribution < 1.29 is 4.42 Å². The molecule has 1 heterocycles. The van der Waals surface area contributed by atoms with E-state index in [0.29, 0.717) is 0 Å². The van der Waals surface area contributed by atoms with Gasteiger partial charge in [-0.25, -0.2) is 0 Å². The summed E-state index contributed by atoms with van der Waals surface area (Å²) in [5, 5.41) is 8.82. The molecule has 0 radical (unpaired) electrons. The molecule has 1 heteroatoms. The van der Waals surface area contributed by atoms with Gasteiger partial charge in [0.2, 0.25) is 0 Å². The lowest BCUT2D eigenvalue weighted by molar-refractivity contribution is 0.631. The van der Waals surface area contributed by atoms with Gasteiger partial charge in [0.1, 0.15) is 11.3 Å². The van der Waals surface area contributed by atoms with Crippen LogP contribution >= 0.6 is 0 Å². The summed E-state index contributed by atoms with van der Waals surface area (Å²) in [6.07, 6.45) is 5.47. The number of furan rings is 1. The Balaban J connectivity index is 1.22. The third kappa shape index (κ3) is 4.19. The number of hydrogen-bond donors (Lipinski definition) is 0. The summed E-state index contributed by atoms with van der Waals surface area (Å²) >= 11 is 0. The Hall–Kier alpha value is -5.40. The van der Waals surface area contributed by atoms with Crippen LogP contribution in [0.2, 0.25) is 0 Å². The van der Waals surface area contributed by atoms with E-state index < -0.39 is 0 Å². The van der Waals surface area contributed by atoms with Crippen molar-refractivity contribution in [3.8, 4) is 22.5 Å². The van der Waals surface area contributed by atoms with Gasteiger partial charge >= 0.3 is 0 Å². The van der Waals surface area contributed by atoms with Gasteiger partial charge in [0.25, 0.3) is 0 Å². The number of rotatable bonds is 5. The molecule has 0 unspecified atom stereocenters. The molecule has 0 atom stereocenters. The highest BCUT2D eigenvalue weighted by molar-refractivity contribution is 6.25. The van der Waals surface area contributed by atoms with E-state index in [4.69, 9.17) is 4.42 Å². The fourth-order valence-corrected chi connectivity index (χ4v) is 6.31. The summed E-state index contributed by atoms with van der Waals surface area (Å²) in [5.74, 6) is 0.905. The van der Waals surface area contributed by atoms with Gasteiger partial charge in [-0.05, 0) is 73.1 Å². The second-order valence-corrected chi connectivity index (χ2v) is 10.9. The Morgan fingerprint density at radius 3 is 2.00 bits per heavy atom. The minimum absolute atomic E-state index is 0.851. The molecule has 1 aromatic heterocycles. The lowest BCUT2D eigenvalue weighted by atomic mass is 9.86. The summed E-state index contributed by atoms with van der Waals surface area (Å²) in [5.41, 5.74) is 7.10. The molecule has 0 aliphatic heterocycles. The molecule has 7 aromatic carbocycles. The van der Waals surface area contributed by atoms with Crippen LogP contribution in [0.1, 0.15) is 11.1 Å². The molecule has 42 heavy (non-hydrogen) atoms. The Bertz CT molecular complexity index is 2220. The fraction of sp³-hybridized carbons (Fsp3) is 0.0244. The van der Waals surface area contributed by atoms with Crippen molar-refractivity contribution in [1.29, 1.82) is 0 Å².